The molecule has 5 nitrogen and oxygen atoms in total. The molecule has 3 aromatic rings. The van der Waals surface area contributed by atoms with Crippen molar-refractivity contribution in [2.24, 2.45) is 5.92 Å². The zero-order chi connectivity index (χ0) is 24.0. The molecule has 3 atom stereocenters. The molecule has 0 bridgehead atoms. The highest BCUT2D eigenvalue weighted by molar-refractivity contribution is 8.00. The van der Waals surface area contributed by atoms with Gasteiger partial charge in [-0.25, -0.2) is 8.42 Å². The highest BCUT2D eigenvalue weighted by Gasteiger charge is 2.38. The summed E-state index contributed by atoms with van der Waals surface area (Å²) in [4.78, 5) is 0.283. The van der Waals surface area contributed by atoms with Crippen molar-refractivity contribution >= 4 is 33.2 Å². The molecule has 3 aromatic carbocycles. The average Bonchev–Trinajstić information content (AvgIpc) is 3.31. The summed E-state index contributed by atoms with van der Waals surface area (Å²) in [6.07, 6.45) is 5.71. The first-order valence-electron chi connectivity index (χ1n) is 12.0. The summed E-state index contributed by atoms with van der Waals surface area (Å²) >= 11 is 1.91. The van der Waals surface area contributed by atoms with Crippen molar-refractivity contribution < 1.29 is 13.2 Å². The van der Waals surface area contributed by atoms with Gasteiger partial charge in [-0.3, -0.25) is 4.72 Å². The van der Waals surface area contributed by atoms with Crippen LogP contribution in [0.3, 0.4) is 0 Å². The van der Waals surface area contributed by atoms with Crippen molar-refractivity contribution in [1.29, 1.82) is 0 Å². The number of hydrogen-bond acceptors (Lipinski definition) is 5. The molecule has 0 aromatic heterocycles. The van der Waals surface area contributed by atoms with Gasteiger partial charge < -0.3 is 10.1 Å². The minimum atomic E-state index is -3.69. The number of ether oxygens (including phenoxy) is 1. The maximum absolute atomic E-state index is 13.2. The SMILES string of the molecule is Cc1cccc(NS(=O)(=O)c2ccc3c(c2)[C@H]2C=CC[C@H]2[C@@H](c2cccc(OC4CSC4)c2)N3)c1. The molecule has 2 heterocycles. The molecule has 0 saturated carbocycles. The van der Waals surface area contributed by atoms with E-state index in [0.717, 1.165) is 40.5 Å². The van der Waals surface area contributed by atoms with Gasteiger partial charge in [0, 0.05) is 28.8 Å². The van der Waals surface area contributed by atoms with E-state index in [0.29, 0.717) is 17.7 Å². The normalized spacial score (nSPS) is 23.1. The van der Waals surface area contributed by atoms with Crippen LogP contribution < -0.4 is 14.8 Å². The third-order valence-corrected chi connectivity index (χ3v) is 9.64. The van der Waals surface area contributed by atoms with E-state index in [-0.39, 0.29) is 16.9 Å². The summed E-state index contributed by atoms with van der Waals surface area (Å²) < 4.78 is 35.2. The van der Waals surface area contributed by atoms with Crippen molar-refractivity contribution in [1.82, 2.24) is 0 Å². The zero-order valence-corrected chi connectivity index (χ0v) is 21.1. The van der Waals surface area contributed by atoms with E-state index in [4.69, 9.17) is 4.74 Å². The summed E-state index contributed by atoms with van der Waals surface area (Å²) in [6.45, 7) is 1.94. The van der Waals surface area contributed by atoms with Gasteiger partial charge in [0.2, 0.25) is 0 Å². The van der Waals surface area contributed by atoms with Gasteiger partial charge in [-0.1, -0.05) is 36.4 Å². The van der Waals surface area contributed by atoms with E-state index >= 15 is 0 Å². The van der Waals surface area contributed by atoms with E-state index < -0.39 is 10.0 Å². The highest BCUT2D eigenvalue weighted by atomic mass is 32.2. The number of nitrogens with one attached hydrogen (secondary N) is 2. The molecule has 3 aliphatic rings. The van der Waals surface area contributed by atoms with E-state index in [1.807, 2.05) is 55.1 Å². The Bertz CT molecular complexity index is 1400. The van der Waals surface area contributed by atoms with Crippen LogP contribution in [-0.4, -0.2) is 26.0 Å². The number of sulfonamides is 1. The van der Waals surface area contributed by atoms with Crippen molar-refractivity contribution in [2.45, 2.75) is 36.3 Å². The molecule has 0 spiro atoms. The summed E-state index contributed by atoms with van der Waals surface area (Å²) in [5, 5.41) is 3.71. The summed E-state index contributed by atoms with van der Waals surface area (Å²) in [7, 11) is -3.69. The molecule has 1 saturated heterocycles. The number of hydrogen-bond donors (Lipinski definition) is 2. The lowest BCUT2D eigenvalue weighted by atomic mass is 9.77. The fraction of sp³-hybridized carbons (Fsp3) is 0.286. The topological polar surface area (TPSA) is 67.4 Å². The largest absolute Gasteiger partial charge is 0.489 e. The lowest BCUT2D eigenvalue weighted by molar-refractivity contribution is 0.240. The van der Waals surface area contributed by atoms with Crippen LogP contribution in [0, 0.1) is 12.8 Å². The van der Waals surface area contributed by atoms with E-state index in [1.165, 1.54) is 5.56 Å². The van der Waals surface area contributed by atoms with Crippen LogP contribution in [0.2, 0.25) is 0 Å². The van der Waals surface area contributed by atoms with Crippen LogP contribution in [-0.2, 0) is 10.0 Å². The fourth-order valence-corrected chi connectivity index (χ4v) is 6.90. The summed E-state index contributed by atoms with van der Waals surface area (Å²) in [5.41, 5.74) is 4.80. The Morgan fingerprint density at radius 2 is 1.89 bits per heavy atom. The lowest BCUT2D eigenvalue weighted by Crippen LogP contribution is -2.31. The maximum atomic E-state index is 13.2. The first kappa shape index (κ1) is 22.6. The van der Waals surface area contributed by atoms with Gasteiger partial charge in [-0.15, -0.1) is 0 Å². The number of rotatable bonds is 6. The second kappa shape index (κ2) is 8.95. The van der Waals surface area contributed by atoms with Crippen LogP contribution in [0.4, 0.5) is 11.4 Å². The number of fused-ring (bicyclic) bond motifs is 3. The van der Waals surface area contributed by atoms with Crippen molar-refractivity contribution in [3.63, 3.8) is 0 Å². The van der Waals surface area contributed by atoms with Crippen LogP contribution in [0.25, 0.3) is 0 Å². The minimum Gasteiger partial charge on any atom is -0.489 e. The average molecular weight is 505 g/mol. The molecular formula is C28H28N2O3S2. The summed E-state index contributed by atoms with van der Waals surface area (Å²) in [6, 6.07) is 21.4. The molecule has 35 heavy (non-hydrogen) atoms. The first-order valence-corrected chi connectivity index (χ1v) is 14.6. The molecule has 180 valence electrons. The van der Waals surface area contributed by atoms with Gasteiger partial charge >= 0.3 is 0 Å². The highest BCUT2D eigenvalue weighted by Crippen LogP contribution is 2.50. The van der Waals surface area contributed by atoms with Crippen molar-refractivity contribution in [3.05, 3.63) is 95.6 Å². The predicted octanol–water partition coefficient (Wildman–Crippen LogP) is 6.12. The summed E-state index contributed by atoms with van der Waals surface area (Å²) in [5.74, 6) is 3.51. The van der Waals surface area contributed by atoms with Gasteiger partial charge in [0.25, 0.3) is 10.0 Å². The Morgan fingerprint density at radius 1 is 1.03 bits per heavy atom. The van der Waals surface area contributed by atoms with Gasteiger partial charge in [-0.2, -0.15) is 11.8 Å². The standard InChI is InChI=1S/C28H28N2O3S2/c1-18-5-2-7-20(13-18)30-35(31,32)23-11-12-27-26(15-23)24-9-4-10-25(24)28(29-27)19-6-3-8-21(14-19)33-22-16-34-17-22/h2-9,11-15,22,24-25,28-30H,10,16-17H2,1H3/t24-,25+,28+/m0/s1. The molecule has 2 aliphatic heterocycles. The Balaban J connectivity index is 1.29. The second-order valence-corrected chi connectivity index (χ2v) is 12.3. The Morgan fingerprint density at radius 3 is 2.69 bits per heavy atom. The number of aryl methyl sites for hydroxylation is 1. The lowest BCUT2D eigenvalue weighted by Gasteiger charge is -2.38. The van der Waals surface area contributed by atoms with Crippen molar-refractivity contribution in [3.8, 4) is 5.75 Å². The van der Waals surface area contributed by atoms with E-state index in [9.17, 15) is 8.42 Å². The maximum Gasteiger partial charge on any atom is 0.261 e. The van der Waals surface area contributed by atoms with Crippen LogP contribution in [0.1, 0.15) is 35.1 Å². The third kappa shape index (κ3) is 4.43. The molecule has 0 unspecified atom stereocenters. The first-order chi connectivity index (χ1) is 17.0. The molecule has 1 fully saturated rings. The number of thioether (sulfide) groups is 1. The molecule has 1 aliphatic carbocycles. The van der Waals surface area contributed by atoms with E-state index in [2.05, 4.69) is 40.4 Å². The van der Waals surface area contributed by atoms with Gasteiger partial charge in [-0.05, 0) is 78.4 Å². The molecular weight excluding hydrogens is 476 g/mol. The van der Waals surface area contributed by atoms with Crippen LogP contribution in [0.5, 0.6) is 5.75 Å². The Hall–Kier alpha value is -2.90. The zero-order valence-electron chi connectivity index (χ0n) is 19.5. The van der Waals surface area contributed by atoms with Crippen LogP contribution in [0.15, 0.2) is 83.8 Å². The molecule has 0 amide bonds. The smallest absolute Gasteiger partial charge is 0.261 e. The van der Waals surface area contributed by atoms with Gasteiger partial charge in [0.05, 0.1) is 10.9 Å². The van der Waals surface area contributed by atoms with E-state index in [1.54, 1.807) is 12.1 Å². The third-order valence-electron chi connectivity index (χ3n) is 7.04. The molecule has 0 radical (unpaired) electrons. The van der Waals surface area contributed by atoms with Crippen molar-refractivity contribution in [2.75, 3.05) is 21.5 Å². The monoisotopic (exact) mass is 504 g/mol. The van der Waals surface area contributed by atoms with Gasteiger partial charge in [0.1, 0.15) is 11.9 Å². The predicted molar refractivity (Wildman–Crippen MR) is 143 cm³/mol. The molecule has 2 N–H and O–H groups in total. The Labute approximate surface area is 211 Å². The fourth-order valence-electron chi connectivity index (χ4n) is 5.25. The molecule has 7 heteroatoms. The second-order valence-electron chi connectivity index (χ2n) is 9.55. The minimum absolute atomic E-state index is 0.134. The number of allylic oxidation sites excluding steroid dienone is 2. The number of benzene rings is 3. The number of anilines is 2. The van der Waals surface area contributed by atoms with Gasteiger partial charge in [0.15, 0.2) is 0 Å². The quantitative estimate of drug-likeness (QED) is 0.396. The van der Waals surface area contributed by atoms with Crippen LogP contribution >= 0.6 is 11.8 Å². The Kier molecular flexibility index (Phi) is 5.77. The molecule has 6 rings (SSSR count).